The molecule has 4 nitrogen and oxygen atoms in total. The molecule has 3 aromatic carbocycles. The Balaban J connectivity index is 2.04. The Labute approximate surface area is 150 Å². The number of anilines is 1. The molecule has 3 N–H and O–H groups in total. The normalized spacial score (nSPS) is 10.8. The number of hydrogen-bond donors (Lipinski definition) is 2. The Hall–Kier alpha value is -2.95. The second kappa shape index (κ2) is 6.51. The van der Waals surface area contributed by atoms with E-state index in [1.807, 2.05) is 48.5 Å². The fourth-order valence-electron chi connectivity index (χ4n) is 2.89. The van der Waals surface area contributed by atoms with Crippen LogP contribution in [0.4, 0.5) is 5.82 Å². The van der Waals surface area contributed by atoms with Crippen molar-refractivity contribution >= 4 is 28.5 Å². The third kappa shape index (κ3) is 2.93. The number of nitrogen functional groups attached to an aromatic ring is 1. The van der Waals surface area contributed by atoms with Crippen molar-refractivity contribution < 1.29 is 0 Å². The van der Waals surface area contributed by atoms with Gasteiger partial charge in [0.2, 0.25) is 0 Å². The predicted molar refractivity (Wildman–Crippen MR) is 103 cm³/mol. The average molecular weight is 347 g/mol. The molecule has 0 atom stereocenters. The highest BCUT2D eigenvalue weighted by Crippen LogP contribution is 2.35. The lowest BCUT2D eigenvalue weighted by Gasteiger charge is -2.13. The average Bonchev–Trinajstić information content (AvgIpc) is 2.68. The van der Waals surface area contributed by atoms with Gasteiger partial charge in [-0.25, -0.2) is 15.8 Å². The molecule has 0 unspecified atom stereocenters. The molecular formula is C20H15ClN4. The zero-order chi connectivity index (χ0) is 17.2. The van der Waals surface area contributed by atoms with Crippen LogP contribution in [0.5, 0.6) is 0 Å². The summed E-state index contributed by atoms with van der Waals surface area (Å²) in [5.74, 6) is 5.84. The number of aromatic nitrogens is 2. The fraction of sp³-hybridized carbons (Fsp3) is 0. The van der Waals surface area contributed by atoms with Crippen molar-refractivity contribution in [2.45, 2.75) is 0 Å². The molecule has 122 valence electrons. The van der Waals surface area contributed by atoms with Crippen LogP contribution >= 0.6 is 11.6 Å². The van der Waals surface area contributed by atoms with Crippen molar-refractivity contribution in [2.24, 2.45) is 5.84 Å². The Kier molecular flexibility index (Phi) is 4.06. The fourth-order valence-corrected chi connectivity index (χ4v) is 3.07. The van der Waals surface area contributed by atoms with Crippen molar-refractivity contribution in [3.8, 4) is 22.3 Å². The first-order valence-corrected chi connectivity index (χ1v) is 8.23. The lowest BCUT2D eigenvalue weighted by atomic mass is 9.94. The largest absolute Gasteiger partial charge is 0.306 e. The number of nitrogens with two attached hydrogens (primary N) is 1. The second-order valence-electron chi connectivity index (χ2n) is 5.63. The zero-order valence-corrected chi connectivity index (χ0v) is 14.0. The van der Waals surface area contributed by atoms with Crippen LogP contribution in [0, 0.1) is 0 Å². The summed E-state index contributed by atoms with van der Waals surface area (Å²) < 4.78 is 0. The number of nitrogens with one attached hydrogen (secondary N) is 1. The summed E-state index contributed by atoms with van der Waals surface area (Å²) in [5.41, 5.74) is 8.33. The van der Waals surface area contributed by atoms with Crippen molar-refractivity contribution in [3.63, 3.8) is 0 Å². The molecule has 0 aliphatic carbocycles. The highest BCUT2D eigenvalue weighted by atomic mass is 35.5. The first kappa shape index (κ1) is 15.6. The summed E-state index contributed by atoms with van der Waals surface area (Å²) in [5, 5.41) is 0.251. The van der Waals surface area contributed by atoms with Gasteiger partial charge >= 0.3 is 0 Å². The van der Waals surface area contributed by atoms with Gasteiger partial charge in [-0.15, -0.1) is 0 Å². The van der Waals surface area contributed by atoms with Crippen molar-refractivity contribution in [1.82, 2.24) is 9.97 Å². The molecule has 0 spiro atoms. The van der Waals surface area contributed by atoms with Crippen LogP contribution in [0.25, 0.3) is 33.3 Å². The minimum Gasteiger partial charge on any atom is -0.306 e. The summed E-state index contributed by atoms with van der Waals surface area (Å²) in [4.78, 5) is 8.91. The summed E-state index contributed by atoms with van der Waals surface area (Å²) in [7, 11) is 0. The molecule has 0 aliphatic heterocycles. The second-order valence-corrected chi connectivity index (χ2v) is 5.98. The molecule has 1 aromatic heterocycles. The first-order valence-electron chi connectivity index (χ1n) is 7.85. The number of halogens is 1. The van der Waals surface area contributed by atoms with Gasteiger partial charge in [0, 0.05) is 0 Å². The number of nitrogens with zero attached hydrogens (tertiary/aromatic N) is 2. The Morgan fingerprint density at radius 3 is 1.68 bits per heavy atom. The smallest absolute Gasteiger partial charge is 0.178 e. The molecule has 0 amide bonds. The summed E-state index contributed by atoms with van der Waals surface area (Å²) >= 11 is 6.14. The van der Waals surface area contributed by atoms with Gasteiger partial charge < -0.3 is 5.43 Å². The van der Waals surface area contributed by atoms with E-state index in [0.717, 1.165) is 33.3 Å². The third-order valence-corrected chi connectivity index (χ3v) is 4.33. The summed E-state index contributed by atoms with van der Waals surface area (Å²) in [6.45, 7) is 0. The van der Waals surface area contributed by atoms with E-state index < -0.39 is 0 Å². The molecule has 5 heteroatoms. The SMILES string of the molecule is NNc1nc2cc(-c3ccccc3)c(-c3ccccc3)cc2nc1Cl. The maximum Gasteiger partial charge on any atom is 0.178 e. The number of hydrogen-bond acceptors (Lipinski definition) is 4. The minimum absolute atomic E-state index is 0.251. The van der Waals surface area contributed by atoms with E-state index in [9.17, 15) is 0 Å². The first-order chi connectivity index (χ1) is 12.3. The number of fused-ring (bicyclic) bond motifs is 1. The van der Waals surface area contributed by atoms with Crippen LogP contribution in [0.15, 0.2) is 72.8 Å². The van der Waals surface area contributed by atoms with Crippen molar-refractivity contribution in [3.05, 3.63) is 77.9 Å². The maximum absolute atomic E-state index is 6.14. The number of benzene rings is 3. The summed E-state index contributed by atoms with van der Waals surface area (Å²) in [6, 6.07) is 24.5. The van der Waals surface area contributed by atoms with Crippen LogP contribution in [-0.2, 0) is 0 Å². The zero-order valence-electron chi connectivity index (χ0n) is 13.3. The van der Waals surface area contributed by atoms with Crippen LogP contribution in [0.2, 0.25) is 5.15 Å². The standard InChI is InChI=1S/C20H15ClN4/c21-19-20(25-22)24-18-12-16(14-9-5-2-6-10-14)15(11-17(18)23-19)13-7-3-1-4-8-13/h1-12H,22H2,(H,24,25). The van der Waals surface area contributed by atoms with E-state index in [0.29, 0.717) is 5.82 Å². The van der Waals surface area contributed by atoms with Crippen LogP contribution < -0.4 is 11.3 Å². The van der Waals surface area contributed by atoms with Gasteiger partial charge in [0.05, 0.1) is 11.0 Å². The lowest BCUT2D eigenvalue weighted by molar-refractivity contribution is 1.22. The van der Waals surface area contributed by atoms with Gasteiger partial charge in [-0.2, -0.15) is 0 Å². The van der Waals surface area contributed by atoms with Gasteiger partial charge in [-0.3, -0.25) is 0 Å². The highest BCUT2D eigenvalue weighted by molar-refractivity contribution is 6.32. The van der Waals surface area contributed by atoms with E-state index in [2.05, 4.69) is 39.7 Å². The predicted octanol–water partition coefficient (Wildman–Crippen LogP) is 4.90. The van der Waals surface area contributed by atoms with Gasteiger partial charge in [0.25, 0.3) is 0 Å². The number of hydrazine groups is 1. The molecule has 0 saturated heterocycles. The van der Waals surface area contributed by atoms with E-state index in [4.69, 9.17) is 17.4 Å². The van der Waals surface area contributed by atoms with Gasteiger partial charge in [-0.05, 0) is 34.4 Å². The van der Waals surface area contributed by atoms with E-state index >= 15 is 0 Å². The molecule has 0 saturated carbocycles. The monoisotopic (exact) mass is 346 g/mol. The van der Waals surface area contributed by atoms with E-state index in [1.165, 1.54) is 0 Å². The quantitative estimate of drug-likeness (QED) is 0.409. The molecule has 25 heavy (non-hydrogen) atoms. The van der Waals surface area contributed by atoms with Gasteiger partial charge in [0.1, 0.15) is 0 Å². The lowest BCUT2D eigenvalue weighted by Crippen LogP contribution is -2.10. The topological polar surface area (TPSA) is 63.8 Å². The van der Waals surface area contributed by atoms with E-state index in [1.54, 1.807) is 0 Å². The molecule has 0 aliphatic rings. The maximum atomic E-state index is 6.14. The Morgan fingerprint density at radius 2 is 1.20 bits per heavy atom. The van der Waals surface area contributed by atoms with Gasteiger partial charge in [0.15, 0.2) is 11.0 Å². The molecular weight excluding hydrogens is 332 g/mol. The molecule has 0 radical (unpaired) electrons. The highest BCUT2D eigenvalue weighted by Gasteiger charge is 2.13. The molecule has 0 bridgehead atoms. The van der Waals surface area contributed by atoms with Crippen molar-refractivity contribution in [1.29, 1.82) is 0 Å². The Morgan fingerprint density at radius 1 is 0.720 bits per heavy atom. The van der Waals surface area contributed by atoms with E-state index in [-0.39, 0.29) is 5.15 Å². The minimum atomic E-state index is 0.251. The number of rotatable bonds is 3. The van der Waals surface area contributed by atoms with Crippen molar-refractivity contribution in [2.75, 3.05) is 5.43 Å². The molecule has 1 heterocycles. The molecule has 4 rings (SSSR count). The van der Waals surface area contributed by atoms with Crippen LogP contribution in [0.1, 0.15) is 0 Å². The molecule has 4 aromatic rings. The molecule has 0 fully saturated rings. The third-order valence-electron chi connectivity index (χ3n) is 4.07. The Bertz CT molecular complexity index is 1030. The van der Waals surface area contributed by atoms with Crippen LogP contribution in [-0.4, -0.2) is 9.97 Å². The van der Waals surface area contributed by atoms with Gasteiger partial charge in [-0.1, -0.05) is 72.3 Å². The summed E-state index contributed by atoms with van der Waals surface area (Å²) in [6.07, 6.45) is 0. The van der Waals surface area contributed by atoms with Crippen LogP contribution in [0.3, 0.4) is 0 Å².